The van der Waals surface area contributed by atoms with E-state index in [0.29, 0.717) is 0 Å². The summed E-state index contributed by atoms with van der Waals surface area (Å²) < 4.78 is 6.18. The number of benzene rings is 2. The average Bonchev–Trinajstić information content (AvgIpc) is 2.69. The smallest absolute Gasteiger partial charge is 0.223 e. The molecular weight excluding hydrogens is 372 g/mol. The summed E-state index contributed by atoms with van der Waals surface area (Å²) in [5, 5.41) is 3.35. The molecule has 0 unspecified atom stereocenters. The first-order valence-corrected chi connectivity index (χ1v) is 11.2. The number of carbonyl (C=O) groups excluding carboxylic acids is 1. The molecule has 1 atom stereocenters. The lowest BCUT2D eigenvalue weighted by Crippen LogP contribution is -2.45. The van der Waals surface area contributed by atoms with Crippen LogP contribution in [0.15, 0.2) is 42.5 Å². The van der Waals surface area contributed by atoms with Crippen molar-refractivity contribution in [3.8, 4) is 5.75 Å². The van der Waals surface area contributed by atoms with E-state index in [4.69, 9.17) is 4.74 Å². The van der Waals surface area contributed by atoms with Gasteiger partial charge < -0.3 is 10.1 Å². The summed E-state index contributed by atoms with van der Waals surface area (Å²) in [7, 11) is 0. The molecule has 1 amide bonds. The van der Waals surface area contributed by atoms with E-state index in [1.807, 2.05) is 0 Å². The number of carbonyl (C=O) groups is 1. The Bertz CT molecular complexity index is 896. The largest absolute Gasteiger partial charge is 0.487 e. The van der Waals surface area contributed by atoms with Crippen molar-refractivity contribution in [1.29, 1.82) is 0 Å². The minimum absolute atomic E-state index is 0.0161. The van der Waals surface area contributed by atoms with Crippen LogP contribution in [0.3, 0.4) is 0 Å². The number of hydrogen-bond acceptors (Lipinski definition) is 3. The van der Waals surface area contributed by atoms with E-state index in [2.05, 4.69) is 80.4 Å². The summed E-state index contributed by atoms with van der Waals surface area (Å²) in [6, 6.07) is 15.1. The third-order valence-electron chi connectivity index (χ3n) is 6.43. The normalized spacial score (nSPS) is 21.5. The molecule has 0 saturated carbocycles. The number of hydrogen-bond donors (Lipinski definition) is 1. The lowest BCUT2D eigenvalue weighted by Gasteiger charge is -2.39. The van der Waals surface area contributed by atoms with Gasteiger partial charge >= 0.3 is 0 Å². The van der Waals surface area contributed by atoms with Gasteiger partial charge in [-0.2, -0.15) is 0 Å². The Labute approximate surface area is 180 Å². The van der Waals surface area contributed by atoms with Gasteiger partial charge in [-0.05, 0) is 70.8 Å². The van der Waals surface area contributed by atoms with Crippen molar-refractivity contribution in [2.24, 2.45) is 5.92 Å². The van der Waals surface area contributed by atoms with Crippen LogP contribution in [0.2, 0.25) is 0 Å². The number of aryl methyl sites for hydroxylation is 2. The van der Waals surface area contributed by atoms with Gasteiger partial charge in [-0.1, -0.05) is 42.0 Å². The third-order valence-corrected chi connectivity index (χ3v) is 6.43. The standard InChI is InChI=1S/C26H34N2O2/c1-18-5-8-20(9-6-18)17-28-13-11-21(12-14-28)25(29)27-23-16-26(3,4)30-24-15-19(2)7-10-22(23)24/h5-10,15,21,23H,11-14,16-17H2,1-4H3,(H,27,29)/t23-/m1/s1. The van der Waals surface area contributed by atoms with Gasteiger partial charge in [0.15, 0.2) is 0 Å². The number of likely N-dealkylation sites (tertiary alicyclic amines) is 1. The molecule has 2 aliphatic heterocycles. The second-order valence-corrected chi connectivity index (χ2v) is 9.70. The summed E-state index contributed by atoms with van der Waals surface area (Å²) in [5.74, 6) is 1.20. The molecule has 1 fully saturated rings. The number of ether oxygens (including phenoxy) is 1. The third kappa shape index (κ3) is 4.86. The maximum atomic E-state index is 13.1. The zero-order valence-electron chi connectivity index (χ0n) is 18.7. The van der Waals surface area contributed by atoms with Crippen LogP contribution in [0, 0.1) is 19.8 Å². The first-order chi connectivity index (χ1) is 14.3. The molecule has 0 bridgehead atoms. The first-order valence-electron chi connectivity index (χ1n) is 11.2. The van der Waals surface area contributed by atoms with Crippen molar-refractivity contribution in [3.63, 3.8) is 0 Å². The monoisotopic (exact) mass is 406 g/mol. The number of nitrogens with one attached hydrogen (secondary N) is 1. The lowest BCUT2D eigenvalue weighted by atomic mass is 9.88. The predicted octanol–water partition coefficient (Wildman–Crippen LogP) is 4.93. The number of rotatable bonds is 4. The summed E-state index contributed by atoms with van der Waals surface area (Å²) in [6.45, 7) is 11.3. The fraction of sp³-hybridized carbons (Fsp3) is 0.500. The molecule has 0 aromatic heterocycles. The second kappa shape index (κ2) is 8.43. The van der Waals surface area contributed by atoms with Crippen LogP contribution < -0.4 is 10.1 Å². The minimum Gasteiger partial charge on any atom is -0.487 e. The van der Waals surface area contributed by atoms with E-state index in [1.165, 1.54) is 16.7 Å². The van der Waals surface area contributed by atoms with Gasteiger partial charge in [-0.3, -0.25) is 9.69 Å². The van der Waals surface area contributed by atoms with Crippen molar-refractivity contribution in [1.82, 2.24) is 10.2 Å². The molecule has 4 heteroatoms. The van der Waals surface area contributed by atoms with Crippen LogP contribution in [0.1, 0.15) is 61.4 Å². The molecule has 160 valence electrons. The van der Waals surface area contributed by atoms with Gasteiger partial charge in [-0.15, -0.1) is 0 Å². The first kappa shape index (κ1) is 20.9. The molecule has 0 radical (unpaired) electrons. The molecule has 4 rings (SSSR count). The highest BCUT2D eigenvalue weighted by atomic mass is 16.5. The maximum Gasteiger partial charge on any atom is 0.223 e. The Hall–Kier alpha value is -2.33. The maximum absolute atomic E-state index is 13.1. The van der Waals surface area contributed by atoms with Crippen LogP contribution in [0.4, 0.5) is 0 Å². The fourth-order valence-electron chi connectivity index (χ4n) is 4.68. The molecule has 30 heavy (non-hydrogen) atoms. The summed E-state index contributed by atoms with van der Waals surface area (Å²) in [5.41, 5.74) is 4.64. The van der Waals surface area contributed by atoms with Gasteiger partial charge in [0.05, 0.1) is 6.04 Å². The Balaban J connectivity index is 1.35. The molecule has 1 saturated heterocycles. The number of amides is 1. The van der Waals surface area contributed by atoms with Crippen molar-refractivity contribution in [2.75, 3.05) is 13.1 Å². The van der Waals surface area contributed by atoms with Crippen molar-refractivity contribution in [2.45, 2.75) is 65.1 Å². The minimum atomic E-state index is -0.282. The van der Waals surface area contributed by atoms with Crippen LogP contribution in [-0.2, 0) is 11.3 Å². The molecular formula is C26H34N2O2. The summed E-state index contributed by atoms with van der Waals surface area (Å²) >= 11 is 0. The van der Waals surface area contributed by atoms with Gasteiger partial charge in [-0.25, -0.2) is 0 Å². The van der Waals surface area contributed by atoms with E-state index < -0.39 is 0 Å². The molecule has 2 aliphatic rings. The van der Waals surface area contributed by atoms with Gasteiger partial charge in [0, 0.05) is 24.4 Å². The van der Waals surface area contributed by atoms with Gasteiger partial charge in [0.25, 0.3) is 0 Å². The molecule has 2 aromatic rings. The van der Waals surface area contributed by atoms with Crippen LogP contribution in [0.5, 0.6) is 5.75 Å². The van der Waals surface area contributed by atoms with Crippen molar-refractivity contribution in [3.05, 3.63) is 64.7 Å². The fourth-order valence-corrected chi connectivity index (χ4v) is 4.68. The van der Waals surface area contributed by atoms with Crippen molar-refractivity contribution >= 4 is 5.91 Å². The number of fused-ring (bicyclic) bond motifs is 1. The lowest BCUT2D eigenvalue weighted by molar-refractivity contribution is -0.127. The molecule has 0 aliphatic carbocycles. The van der Waals surface area contributed by atoms with Crippen LogP contribution in [0.25, 0.3) is 0 Å². The van der Waals surface area contributed by atoms with E-state index in [1.54, 1.807) is 0 Å². The predicted molar refractivity (Wildman–Crippen MR) is 121 cm³/mol. The Morgan fingerprint density at radius 2 is 1.73 bits per heavy atom. The van der Waals surface area contributed by atoms with Gasteiger partial charge in [0.2, 0.25) is 5.91 Å². The van der Waals surface area contributed by atoms with Crippen molar-refractivity contribution < 1.29 is 9.53 Å². The van der Waals surface area contributed by atoms with E-state index >= 15 is 0 Å². The Morgan fingerprint density at radius 3 is 2.43 bits per heavy atom. The molecule has 0 spiro atoms. The second-order valence-electron chi connectivity index (χ2n) is 9.70. The summed E-state index contributed by atoms with van der Waals surface area (Å²) in [4.78, 5) is 15.5. The Morgan fingerprint density at radius 1 is 1.07 bits per heavy atom. The average molecular weight is 407 g/mol. The molecule has 2 heterocycles. The molecule has 4 nitrogen and oxygen atoms in total. The zero-order valence-corrected chi connectivity index (χ0v) is 18.7. The Kier molecular flexibility index (Phi) is 5.88. The topological polar surface area (TPSA) is 41.6 Å². The molecule has 2 aromatic carbocycles. The summed E-state index contributed by atoms with van der Waals surface area (Å²) in [6.07, 6.45) is 2.64. The molecule has 1 N–H and O–H groups in total. The zero-order chi connectivity index (χ0) is 21.3. The number of piperidine rings is 1. The highest BCUT2D eigenvalue weighted by Gasteiger charge is 2.36. The van der Waals surface area contributed by atoms with Crippen LogP contribution >= 0.6 is 0 Å². The highest BCUT2D eigenvalue weighted by Crippen LogP contribution is 2.40. The SMILES string of the molecule is Cc1ccc(CN2CCC(C(=O)N[C@@H]3CC(C)(C)Oc4cc(C)ccc43)CC2)cc1. The van der Waals surface area contributed by atoms with Crippen LogP contribution in [-0.4, -0.2) is 29.5 Å². The van der Waals surface area contributed by atoms with E-state index in [-0.39, 0.29) is 23.5 Å². The van der Waals surface area contributed by atoms with E-state index in [0.717, 1.165) is 50.2 Å². The van der Waals surface area contributed by atoms with Gasteiger partial charge in [0.1, 0.15) is 11.4 Å². The number of nitrogens with zero attached hydrogens (tertiary/aromatic N) is 1. The van der Waals surface area contributed by atoms with E-state index in [9.17, 15) is 4.79 Å². The highest BCUT2D eigenvalue weighted by molar-refractivity contribution is 5.79. The quantitative estimate of drug-likeness (QED) is 0.782.